The third kappa shape index (κ3) is 5.21. The van der Waals surface area contributed by atoms with Crippen LogP contribution in [0.4, 0.5) is 23.3 Å². The van der Waals surface area contributed by atoms with E-state index in [1.807, 2.05) is 13.8 Å². The number of nitrogens with one attached hydrogen (secondary N) is 3. The van der Waals surface area contributed by atoms with E-state index in [9.17, 15) is 8.42 Å². The third-order valence-corrected chi connectivity index (χ3v) is 4.69. The standard InChI is InChI=1S/C16H24N6O2S/c1-3-9-18-14-11-15(21-16(20-14)19-10-4-2)22-25(23,24)13-8-6-5-7-12(13)17/h5-8,11H,3-4,9-10,17H2,1-2H3,(H3,18,19,20,21,22). The normalized spacial score (nSPS) is 11.1. The molecule has 0 bridgehead atoms. The molecule has 0 amide bonds. The Bertz CT molecular complexity index is 784. The Morgan fingerprint density at radius 1 is 1.00 bits per heavy atom. The smallest absolute Gasteiger partial charge is 0.265 e. The van der Waals surface area contributed by atoms with Gasteiger partial charge in [0.25, 0.3) is 10.0 Å². The zero-order valence-electron chi connectivity index (χ0n) is 14.4. The van der Waals surface area contributed by atoms with Crippen molar-refractivity contribution in [2.24, 2.45) is 0 Å². The van der Waals surface area contributed by atoms with Gasteiger partial charge in [0.2, 0.25) is 5.95 Å². The predicted molar refractivity (Wildman–Crippen MR) is 101 cm³/mol. The van der Waals surface area contributed by atoms with Crippen LogP contribution in [0.15, 0.2) is 35.2 Å². The van der Waals surface area contributed by atoms with Gasteiger partial charge < -0.3 is 16.4 Å². The maximum atomic E-state index is 12.6. The highest BCUT2D eigenvalue weighted by Gasteiger charge is 2.18. The molecule has 0 unspecified atom stereocenters. The summed E-state index contributed by atoms with van der Waals surface area (Å²) in [6, 6.07) is 7.85. The number of sulfonamides is 1. The van der Waals surface area contributed by atoms with Gasteiger partial charge in [-0.15, -0.1) is 0 Å². The number of nitrogen functional groups attached to an aromatic ring is 1. The van der Waals surface area contributed by atoms with E-state index < -0.39 is 10.0 Å². The molecule has 0 aliphatic carbocycles. The van der Waals surface area contributed by atoms with Crippen molar-refractivity contribution in [2.75, 3.05) is 34.2 Å². The minimum Gasteiger partial charge on any atom is -0.398 e. The zero-order chi connectivity index (χ0) is 18.3. The molecule has 8 nitrogen and oxygen atoms in total. The zero-order valence-corrected chi connectivity index (χ0v) is 15.2. The molecule has 0 aliphatic rings. The second-order valence-corrected chi connectivity index (χ2v) is 7.11. The van der Waals surface area contributed by atoms with E-state index in [1.165, 1.54) is 12.1 Å². The average Bonchev–Trinajstić information content (AvgIpc) is 2.58. The van der Waals surface area contributed by atoms with E-state index in [-0.39, 0.29) is 16.4 Å². The van der Waals surface area contributed by atoms with Crippen molar-refractivity contribution in [3.8, 4) is 0 Å². The summed E-state index contributed by atoms with van der Waals surface area (Å²) in [6.45, 7) is 5.47. The van der Waals surface area contributed by atoms with E-state index in [0.29, 0.717) is 18.3 Å². The highest BCUT2D eigenvalue weighted by molar-refractivity contribution is 7.92. The number of hydrogen-bond donors (Lipinski definition) is 4. The van der Waals surface area contributed by atoms with Gasteiger partial charge >= 0.3 is 0 Å². The Balaban J connectivity index is 2.31. The van der Waals surface area contributed by atoms with Crippen LogP contribution in [0.2, 0.25) is 0 Å². The number of hydrogen-bond acceptors (Lipinski definition) is 7. The number of nitrogens with two attached hydrogens (primary N) is 1. The molecule has 2 aromatic rings. The Hall–Kier alpha value is -2.55. The van der Waals surface area contributed by atoms with Crippen LogP contribution in [0.5, 0.6) is 0 Å². The van der Waals surface area contributed by atoms with Gasteiger partial charge in [0.15, 0.2) is 0 Å². The van der Waals surface area contributed by atoms with Crippen LogP contribution in [-0.2, 0) is 10.0 Å². The summed E-state index contributed by atoms with van der Waals surface area (Å²) in [4.78, 5) is 8.58. The molecular formula is C16H24N6O2S. The number of anilines is 4. The van der Waals surface area contributed by atoms with Crippen molar-refractivity contribution in [3.05, 3.63) is 30.3 Å². The predicted octanol–water partition coefficient (Wildman–Crippen LogP) is 2.50. The topological polar surface area (TPSA) is 122 Å². The molecule has 5 N–H and O–H groups in total. The molecule has 9 heteroatoms. The van der Waals surface area contributed by atoms with E-state index >= 15 is 0 Å². The fourth-order valence-electron chi connectivity index (χ4n) is 2.08. The van der Waals surface area contributed by atoms with Crippen molar-refractivity contribution in [1.29, 1.82) is 0 Å². The Morgan fingerprint density at radius 2 is 1.64 bits per heavy atom. The van der Waals surface area contributed by atoms with Gasteiger partial charge in [-0.1, -0.05) is 26.0 Å². The highest BCUT2D eigenvalue weighted by atomic mass is 32.2. The summed E-state index contributed by atoms with van der Waals surface area (Å²) >= 11 is 0. The van der Waals surface area contributed by atoms with Crippen LogP contribution in [0, 0.1) is 0 Å². The molecule has 1 aromatic carbocycles. The monoisotopic (exact) mass is 364 g/mol. The summed E-state index contributed by atoms with van der Waals surface area (Å²) in [5.74, 6) is 1.09. The lowest BCUT2D eigenvalue weighted by Crippen LogP contribution is -2.17. The van der Waals surface area contributed by atoms with Gasteiger partial charge in [0.1, 0.15) is 16.5 Å². The Labute approximate surface area is 148 Å². The largest absolute Gasteiger partial charge is 0.398 e. The first-order chi connectivity index (χ1) is 12.0. The van der Waals surface area contributed by atoms with Gasteiger partial charge in [-0.3, -0.25) is 4.72 Å². The van der Waals surface area contributed by atoms with Gasteiger partial charge in [0.05, 0.1) is 5.69 Å². The molecule has 0 fully saturated rings. The first kappa shape index (κ1) is 18.8. The van der Waals surface area contributed by atoms with E-state index in [0.717, 1.165) is 19.4 Å². The van der Waals surface area contributed by atoms with Crippen LogP contribution >= 0.6 is 0 Å². The Morgan fingerprint density at radius 3 is 2.32 bits per heavy atom. The van der Waals surface area contributed by atoms with E-state index in [2.05, 4.69) is 25.3 Å². The van der Waals surface area contributed by atoms with E-state index in [4.69, 9.17) is 5.73 Å². The first-order valence-electron chi connectivity index (χ1n) is 8.20. The van der Waals surface area contributed by atoms with E-state index in [1.54, 1.807) is 18.2 Å². The fourth-order valence-corrected chi connectivity index (χ4v) is 3.20. The molecule has 0 saturated heterocycles. The van der Waals surface area contributed by atoms with Crippen LogP contribution in [0.1, 0.15) is 26.7 Å². The highest BCUT2D eigenvalue weighted by Crippen LogP contribution is 2.22. The molecule has 136 valence electrons. The number of rotatable bonds is 9. The lowest BCUT2D eigenvalue weighted by atomic mass is 10.3. The number of nitrogens with zero attached hydrogens (tertiary/aromatic N) is 2. The molecule has 0 radical (unpaired) electrons. The third-order valence-electron chi connectivity index (χ3n) is 3.26. The average molecular weight is 364 g/mol. The van der Waals surface area contributed by atoms with Crippen LogP contribution in [0.3, 0.4) is 0 Å². The van der Waals surface area contributed by atoms with Crippen LogP contribution in [-0.4, -0.2) is 31.5 Å². The molecule has 1 aromatic heterocycles. The summed E-state index contributed by atoms with van der Waals surface area (Å²) in [7, 11) is -3.84. The minimum atomic E-state index is -3.84. The molecule has 0 saturated carbocycles. The Kier molecular flexibility index (Phi) is 6.40. The quantitative estimate of drug-likeness (QED) is 0.504. The summed E-state index contributed by atoms with van der Waals surface area (Å²) in [5.41, 5.74) is 5.95. The lowest BCUT2D eigenvalue weighted by molar-refractivity contribution is 0.601. The number of aromatic nitrogens is 2. The first-order valence-corrected chi connectivity index (χ1v) is 9.68. The maximum absolute atomic E-state index is 12.6. The van der Waals surface area contributed by atoms with Crippen LogP contribution in [0.25, 0.3) is 0 Å². The van der Waals surface area contributed by atoms with Crippen molar-refractivity contribution in [2.45, 2.75) is 31.6 Å². The number of benzene rings is 1. The molecular weight excluding hydrogens is 340 g/mol. The molecule has 25 heavy (non-hydrogen) atoms. The van der Waals surface area contributed by atoms with Crippen molar-refractivity contribution < 1.29 is 8.42 Å². The summed E-state index contributed by atoms with van der Waals surface area (Å²) in [5, 5.41) is 6.20. The van der Waals surface area contributed by atoms with Gasteiger partial charge in [-0.05, 0) is 25.0 Å². The minimum absolute atomic E-state index is 0.0137. The van der Waals surface area contributed by atoms with Crippen molar-refractivity contribution in [1.82, 2.24) is 9.97 Å². The van der Waals surface area contributed by atoms with Gasteiger partial charge in [0, 0.05) is 19.2 Å². The molecule has 0 aliphatic heterocycles. The van der Waals surface area contributed by atoms with Crippen LogP contribution < -0.4 is 21.1 Å². The molecule has 2 rings (SSSR count). The molecule has 0 spiro atoms. The molecule has 1 heterocycles. The second-order valence-electron chi connectivity index (χ2n) is 5.46. The lowest BCUT2D eigenvalue weighted by Gasteiger charge is -2.13. The SMILES string of the molecule is CCCNc1cc(NS(=O)(=O)c2ccccc2N)nc(NCCC)n1. The summed E-state index contributed by atoms with van der Waals surface area (Å²) < 4.78 is 27.6. The van der Waals surface area contributed by atoms with Gasteiger partial charge in [-0.2, -0.15) is 9.97 Å². The maximum Gasteiger partial charge on any atom is 0.265 e. The van der Waals surface area contributed by atoms with Crippen molar-refractivity contribution in [3.63, 3.8) is 0 Å². The van der Waals surface area contributed by atoms with Gasteiger partial charge in [-0.25, -0.2) is 8.42 Å². The number of para-hydroxylation sites is 1. The molecule has 0 atom stereocenters. The van der Waals surface area contributed by atoms with Crippen molar-refractivity contribution >= 4 is 33.3 Å². The second kappa shape index (κ2) is 8.52. The fraction of sp³-hybridized carbons (Fsp3) is 0.375. The summed E-state index contributed by atoms with van der Waals surface area (Å²) in [6.07, 6.45) is 1.82.